The van der Waals surface area contributed by atoms with Crippen molar-refractivity contribution in [3.05, 3.63) is 12.7 Å². The molecule has 0 atom stereocenters. The highest BCUT2D eigenvalue weighted by molar-refractivity contribution is 5.86. The number of unbranched alkanes of at least 4 members (excludes halogenated alkanes) is 5. The molecule has 0 bridgehead atoms. The molecule has 0 spiro atoms. The van der Waals surface area contributed by atoms with Gasteiger partial charge in [-0.1, -0.05) is 32.3 Å². The minimum atomic E-state index is -0.0639. The SMILES string of the molecule is C=CC(=O)NCCCCCCCCN(C)C. The summed E-state index contributed by atoms with van der Waals surface area (Å²) in [6, 6.07) is 0. The Bertz CT molecular complexity index is 190. The predicted molar refractivity (Wildman–Crippen MR) is 69.5 cm³/mol. The van der Waals surface area contributed by atoms with E-state index in [1.165, 1.54) is 44.7 Å². The third-order valence-electron chi connectivity index (χ3n) is 2.52. The summed E-state index contributed by atoms with van der Waals surface area (Å²) in [5, 5.41) is 2.79. The van der Waals surface area contributed by atoms with Gasteiger partial charge >= 0.3 is 0 Å². The van der Waals surface area contributed by atoms with E-state index in [1.807, 2.05) is 0 Å². The molecule has 0 fully saturated rings. The van der Waals surface area contributed by atoms with Gasteiger partial charge in [0.25, 0.3) is 0 Å². The second-order valence-corrected chi connectivity index (χ2v) is 4.42. The second-order valence-electron chi connectivity index (χ2n) is 4.42. The number of nitrogens with zero attached hydrogens (tertiary/aromatic N) is 1. The van der Waals surface area contributed by atoms with Gasteiger partial charge in [-0.2, -0.15) is 0 Å². The lowest BCUT2D eigenvalue weighted by atomic mass is 10.1. The molecule has 16 heavy (non-hydrogen) atoms. The Morgan fingerprint density at radius 3 is 2.25 bits per heavy atom. The Morgan fingerprint density at radius 2 is 1.69 bits per heavy atom. The molecule has 0 radical (unpaired) electrons. The van der Waals surface area contributed by atoms with Crippen molar-refractivity contribution in [2.75, 3.05) is 27.2 Å². The highest BCUT2D eigenvalue weighted by atomic mass is 16.1. The highest BCUT2D eigenvalue weighted by Crippen LogP contribution is 2.05. The maximum absolute atomic E-state index is 10.8. The van der Waals surface area contributed by atoms with Crippen LogP contribution in [0.25, 0.3) is 0 Å². The van der Waals surface area contributed by atoms with E-state index in [-0.39, 0.29) is 5.91 Å². The first-order valence-electron chi connectivity index (χ1n) is 6.22. The normalized spacial score (nSPS) is 10.4. The molecule has 0 aliphatic heterocycles. The van der Waals surface area contributed by atoms with Gasteiger partial charge in [0.2, 0.25) is 5.91 Å². The predicted octanol–water partition coefficient (Wildman–Crippen LogP) is 2.19. The minimum absolute atomic E-state index is 0.0639. The zero-order valence-corrected chi connectivity index (χ0v) is 10.8. The summed E-state index contributed by atoms with van der Waals surface area (Å²) in [7, 11) is 4.23. The van der Waals surface area contributed by atoms with E-state index in [0.29, 0.717) is 0 Å². The first-order valence-corrected chi connectivity index (χ1v) is 6.22. The highest BCUT2D eigenvalue weighted by Gasteiger charge is 1.94. The van der Waals surface area contributed by atoms with Crippen molar-refractivity contribution in [1.82, 2.24) is 10.2 Å². The lowest BCUT2D eigenvalue weighted by Crippen LogP contribution is -2.21. The van der Waals surface area contributed by atoms with E-state index in [0.717, 1.165) is 13.0 Å². The molecule has 3 nitrogen and oxygen atoms in total. The Balaban J connectivity index is 3.04. The lowest BCUT2D eigenvalue weighted by molar-refractivity contribution is -0.116. The smallest absolute Gasteiger partial charge is 0.243 e. The maximum atomic E-state index is 10.8. The summed E-state index contributed by atoms with van der Waals surface area (Å²) < 4.78 is 0. The Hall–Kier alpha value is -0.830. The van der Waals surface area contributed by atoms with Crippen molar-refractivity contribution in [2.24, 2.45) is 0 Å². The molecule has 0 aromatic heterocycles. The molecule has 3 heteroatoms. The number of nitrogens with one attached hydrogen (secondary N) is 1. The summed E-state index contributed by atoms with van der Waals surface area (Å²) in [6.45, 7) is 5.38. The summed E-state index contributed by atoms with van der Waals surface area (Å²) in [6.07, 6.45) is 8.80. The average Bonchev–Trinajstić information content (AvgIpc) is 2.26. The van der Waals surface area contributed by atoms with E-state index in [2.05, 4.69) is 30.9 Å². The van der Waals surface area contributed by atoms with E-state index < -0.39 is 0 Å². The van der Waals surface area contributed by atoms with E-state index >= 15 is 0 Å². The number of amides is 1. The van der Waals surface area contributed by atoms with Gasteiger partial charge in [0, 0.05) is 6.54 Å². The molecule has 0 saturated heterocycles. The van der Waals surface area contributed by atoms with Crippen LogP contribution in [0.3, 0.4) is 0 Å². The molecule has 94 valence electrons. The number of rotatable bonds is 10. The Kier molecular flexibility index (Phi) is 10.1. The van der Waals surface area contributed by atoms with Crippen LogP contribution >= 0.6 is 0 Å². The zero-order valence-electron chi connectivity index (χ0n) is 10.8. The topological polar surface area (TPSA) is 32.3 Å². The zero-order chi connectivity index (χ0) is 12.2. The third kappa shape index (κ3) is 11.2. The van der Waals surface area contributed by atoms with E-state index in [1.54, 1.807) is 0 Å². The van der Waals surface area contributed by atoms with Gasteiger partial charge < -0.3 is 10.2 Å². The van der Waals surface area contributed by atoms with E-state index in [9.17, 15) is 4.79 Å². The number of hydrogen-bond donors (Lipinski definition) is 1. The van der Waals surface area contributed by atoms with Crippen LogP contribution in [-0.4, -0.2) is 38.0 Å². The summed E-state index contributed by atoms with van der Waals surface area (Å²) in [4.78, 5) is 13.0. The van der Waals surface area contributed by atoms with Crippen molar-refractivity contribution in [3.63, 3.8) is 0 Å². The molecule has 0 saturated carbocycles. The first kappa shape index (κ1) is 15.2. The Morgan fingerprint density at radius 1 is 1.12 bits per heavy atom. The van der Waals surface area contributed by atoms with Crippen LogP contribution in [0.2, 0.25) is 0 Å². The molecule has 1 amide bonds. The summed E-state index contributed by atoms with van der Waals surface area (Å²) >= 11 is 0. The van der Waals surface area contributed by atoms with Crippen molar-refractivity contribution in [3.8, 4) is 0 Å². The van der Waals surface area contributed by atoms with Crippen LogP contribution in [0.5, 0.6) is 0 Å². The van der Waals surface area contributed by atoms with Crippen LogP contribution in [0, 0.1) is 0 Å². The Labute approximate surface area is 99.9 Å². The molecule has 0 aromatic carbocycles. The molecule has 1 N–H and O–H groups in total. The molecular weight excluding hydrogens is 200 g/mol. The fraction of sp³-hybridized carbons (Fsp3) is 0.769. The van der Waals surface area contributed by atoms with Gasteiger partial charge in [-0.25, -0.2) is 0 Å². The molecule has 0 aromatic rings. The summed E-state index contributed by atoms with van der Waals surface area (Å²) in [5.41, 5.74) is 0. The fourth-order valence-electron chi connectivity index (χ4n) is 1.54. The first-order chi connectivity index (χ1) is 7.66. The largest absolute Gasteiger partial charge is 0.353 e. The van der Waals surface area contributed by atoms with Gasteiger partial charge in [-0.05, 0) is 39.6 Å². The molecular formula is C13H26N2O. The van der Waals surface area contributed by atoms with E-state index in [4.69, 9.17) is 0 Å². The van der Waals surface area contributed by atoms with Crippen molar-refractivity contribution in [1.29, 1.82) is 0 Å². The maximum Gasteiger partial charge on any atom is 0.243 e. The third-order valence-corrected chi connectivity index (χ3v) is 2.52. The molecule has 0 aliphatic carbocycles. The fourth-order valence-corrected chi connectivity index (χ4v) is 1.54. The van der Waals surface area contributed by atoms with Crippen LogP contribution in [0.4, 0.5) is 0 Å². The van der Waals surface area contributed by atoms with Crippen molar-refractivity contribution < 1.29 is 4.79 Å². The number of carbonyl (C=O) groups excluding carboxylic acids is 1. The monoisotopic (exact) mass is 226 g/mol. The lowest BCUT2D eigenvalue weighted by Gasteiger charge is -2.08. The average molecular weight is 226 g/mol. The van der Waals surface area contributed by atoms with Crippen LogP contribution in [-0.2, 0) is 4.79 Å². The minimum Gasteiger partial charge on any atom is -0.353 e. The van der Waals surface area contributed by atoms with Gasteiger partial charge in [0.15, 0.2) is 0 Å². The molecule has 0 aliphatic rings. The van der Waals surface area contributed by atoms with Crippen LogP contribution < -0.4 is 5.32 Å². The van der Waals surface area contributed by atoms with Gasteiger partial charge in [-0.15, -0.1) is 0 Å². The van der Waals surface area contributed by atoms with Crippen LogP contribution in [0.15, 0.2) is 12.7 Å². The molecule has 0 rings (SSSR count). The number of hydrogen-bond acceptors (Lipinski definition) is 2. The standard InChI is InChI=1S/C13H26N2O/c1-4-13(16)14-11-9-7-5-6-8-10-12-15(2)3/h4H,1,5-12H2,2-3H3,(H,14,16). The molecule has 0 heterocycles. The number of carbonyl (C=O) groups is 1. The second kappa shape index (κ2) is 10.7. The van der Waals surface area contributed by atoms with Crippen molar-refractivity contribution in [2.45, 2.75) is 38.5 Å². The van der Waals surface area contributed by atoms with Gasteiger partial charge in [0.1, 0.15) is 0 Å². The molecule has 0 unspecified atom stereocenters. The summed E-state index contributed by atoms with van der Waals surface area (Å²) in [5.74, 6) is -0.0639. The van der Waals surface area contributed by atoms with Gasteiger partial charge in [0.05, 0.1) is 0 Å². The van der Waals surface area contributed by atoms with Crippen LogP contribution in [0.1, 0.15) is 38.5 Å². The quantitative estimate of drug-likeness (QED) is 0.457. The van der Waals surface area contributed by atoms with Crippen molar-refractivity contribution >= 4 is 5.91 Å². The van der Waals surface area contributed by atoms with Gasteiger partial charge in [-0.3, -0.25) is 4.79 Å².